The highest BCUT2D eigenvalue weighted by molar-refractivity contribution is 7.10. The minimum absolute atomic E-state index is 0.112. The molecule has 19 heavy (non-hydrogen) atoms. The minimum atomic E-state index is -0.112. The van der Waals surface area contributed by atoms with Gasteiger partial charge in [-0.15, -0.1) is 11.3 Å². The molecule has 0 aromatic carbocycles. The highest BCUT2D eigenvalue weighted by atomic mass is 32.1. The van der Waals surface area contributed by atoms with Crippen LogP contribution in [0.15, 0.2) is 29.2 Å². The van der Waals surface area contributed by atoms with Crippen LogP contribution in [-0.4, -0.2) is 12.6 Å². The Morgan fingerprint density at radius 3 is 2.84 bits per heavy atom. The van der Waals surface area contributed by atoms with Crippen molar-refractivity contribution in [3.63, 3.8) is 0 Å². The molecule has 0 radical (unpaired) electrons. The van der Waals surface area contributed by atoms with E-state index in [4.69, 9.17) is 4.74 Å². The van der Waals surface area contributed by atoms with Gasteiger partial charge in [-0.05, 0) is 50.5 Å². The van der Waals surface area contributed by atoms with Gasteiger partial charge in [-0.25, -0.2) is 0 Å². The van der Waals surface area contributed by atoms with Gasteiger partial charge in [0.2, 0.25) is 0 Å². The molecular weight excluding hydrogens is 256 g/mol. The summed E-state index contributed by atoms with van der Waals surface area (Å²) in [5.41, 5.74) is 1.37. The quantitative estimate of drug-likeness (QED) is 0.513. The van der Waals surface area contributed by atoms with Gasteiger partial charge in [0, 0.05) is 4.88 Å². The fourth-order valence-electron chi connectivity index (χ4n) is 1.78. The molecule has 0 saturated heterocycles. The third-order valence-corrected chi connectivity index (χ3v) is 3.86. The molecule has 1 atom stereocenters. The average molecular weight is 280 g/mol. The van der Waals surface area contributed by atoms with Crippen molar-refractivity contribution in [2.24, 2.45) is 5.92 Å². The van der Waals surface area contributed by atoms with Crippen molar-refractivity contribution in [1.82, 2.24) is 0 Å². The number of carbonyl (C=O) groups excluding carboxylic acids is 1. The summed E-state index contributed by atoms with van der Waals surface area (Å²) < 4.78 is 5.27. The Labute approximate surface area is 120 Å². The molecule has 0 fully saturated rings. The number of hydrogen-bond donors (Lipinski definition) is 0. The third kappa shape index (κ3) is 7.83. The van der Waals surface area contributed by atoms with Crippen LogP contribution in [0.3, 0.4) is 0 Å². The molecule has 0 aliphatic heterocycles. The molecule has 1 heterocycles. The Bertz CT molecular complexity index is 389. The van der Waals surface area contributed by atoms with Gasteiger partial charge in [-0.1, -0.05) is 24.6 Å². The topological polar surface area (TPSA) is 26.3 Å². The number of carbonyl (C=O) groups is 1. The smallest absolute Gasteiger partial charge is 0.311 e. The highest BCUT2D eigenvalue weighted by Crippen LogP contribution is 2.13. The summed E-state index contributed by atoms with van der Waals surface area (Å²) in [4.78, 5) is 12.6. The second-order valence-corrected chi connectivity index (χ2v) is 6.26. The van der Waals surface area contributed by atoms with Crippen molar-refractivity contribution in [2.75, 3.05) is 6.61 Å². The van der Waals surface area contributed by atoms with E-state index < -0.39 is 0 Å². The van der Waals surface area contributed by atoms with Crippen molar-refractivity contribution in [1.29, 1.82) is 0 Å². The van der Waals surface area contributed by atoms with E-state index in [-0.39, 0.29) is 5.97 Å². The van der Waals surface area contributed by atoms with Crippen molar-refractivity contribution >= 4 is 17.3 Å². The zero-order valence-electron chi connectivity index (χ0n) is 12.1. The maximum atomic E-state index is 11.6. The normalized spacial score (nSPS) is 11.9. The molecule has 106 valence electrons. The Balaban J connectivity index is 2.09. The first-order valence-corrected chi connectivity index (χ1v) is 7.77. The predicted octanol–water partition coefficient (Wildman–Crippen LogP) is 4.61. The van der Waals surface area contributed by atoms with E-state index in [2.05, 4.69) is 26.8 Å². The standard InChI is InChI=1S/C16H24O2S/c1-13(2)6-4-7-14(3)9-10-18-16(17)12-15-8-5-11-19-15/h5-6,8,11,14H,4,7,9-10,12H2,1-3H3. The Hall–Kier alpha value is -1.09. The Morgan fingerprint density at radius 1 is 1.42 bits per heavy atom. The molecule has 0 N–H and O–H groups in total. The number of allylic oxidation sites excluding steroid dienone is 2. The van der Waals surface area contributed by atoms with Gasteiger partial charge in [0.1, 0.15) is 0 Å². The van der Waals surface area contributed by atoms with Gasteiger partial charge in [0.25, 0.3) is 0 Å². The Kier molecular flexibility index (Phi) is 7.49. The molecule has 0 saturated carbocycles. The first-order chi connectivity index (χ1) is 9.08. The van der Waals surface area contributed by atoms with Crippen LogP contribution in [0.4, 0.5) is 0 Å². The largest absolute Gasteiger partial charge is 0.465 e. The van der Waals surface area contributed by atoms with Crippen LogP contribution >= 0.6 is 11.3 Å². The van der Waals surface area contributed by atoms with Gasteiger partial charge in [-0.2, -0.15) is 0 Å². The van der Waals surface area contributed by atoms with Crippen LogP contribution in [0.5, 0.6) is 0 Å². The molecule has 0 amide bonds. The predicted molar refractivity (Wildman–Crippen MR) is 81.4 cm³/mol. The second kappa shape index (κ2) is 8.92. The van der Waals surface area contributed by atoms with Gasteiger partial charge < -0.3 is 4.74 Å². The van der Waals surface area contributed by atoms with E-state index in [1.807, 2.05) is 17.5 Å². The molecule has 1 unspecified atom stereocenters. The van der Waals surface area contributed by atoms with Crippen LogP contribution in [0.25, 0.3) is 0 Å². The number of thiophene rings is 1. The lowest BCUT2D eigenvalue weighted by Gasteiger charge is -2.10. The Morgan fingerprint density at radius 2 is 2.21 bits per heavy atom. The van der Waals surface area contributed by atoms with E-state index in [1.54, 1.807) is 11.3 Å². The maximum Gasteiger partial charge on any atom is 0.311 e. The van der Waals surface area contributed by atoms with E-state index in [9.17, 15) is 4.79 Å². The van der Waals surface area contributed by atoms with Crippen LogP contribution in [0, 0.1) is 5.92 Å². The summed E-state index contributed by atoms with van der Waals surface area (Å²) in [5, 5.41) is 1.98. The lowest BCUT2D eigenvalue weighted by Crippen LogP contribution is -2.10. The van der Waals surface area contributed by atoms with Gasteiger partial charge in [0.05, 0.1) is 13.0 Å². The number of ether oxygens (including phenoxy) is 1. The van der Waals surface area contributed by atoms with Crippen molar-refractivity contribution < 1.29 is 9.53 Å². The number of rotatable bonds is 8. The average Bonchev–Trinajstić information content (AvgIpc) is 2.81. The zero-order chi connectivity index (χ0) is 14.1. The van der Waals surface area contributed by atoms with Crippen LogP contribution in [-0.2, 0) is 16.0 Å². The van der Waals surface area contributed by atoms with Crippen molar-refractivity contribution in [3.8, 4) is 0 Å². The maximum absolute atomic E-state index is 11.6. The van der Waals surface area contributed by atoms with Gasteiger partial charge in [0.15, 0.2) is 0 Å². The first kappa shape index (κ1) is 16.0. The summed E-state index contributed by atoms with van der Waals surface area (Å²) in [6.45, 7) is 7.00. The second-order valence-electron chi connectivity index (χ2n) is 5.23. The molecule has 3 heteroatoms. The lowest BCUT2D eigenvalue weighted by molar-refractivity contribution is -0.143. The summed E-state index contributed by atoms with van der Waals surface area (Å²) in [5.74, 6) is 0.490. The monoisotopic (exact) mass is 280 g/mol. The third-order valence-electron chi connectivity index (χ3n) is 2.98. The molecular formula is C16H24O2S. The lowest BCUT2D eigenvalue weighted by atomic mass is 10.0. The zero-order valence-corrected chi connectivity index (χ0v) is 13.0. The number of esters is 1. The number of hydrogen-bond acceptors (Lipinski definition) is 3. The molecule has 0 aliphatic carbocycles. The van der Waals surface area contributed by atoms with E-state index >= 15 is 0 Å². The molecule has 0 aliphatic rings. The summed E-state index contributed by atoms with van der Waals surface area (Å²) in [6.07, 6.45) is 5.90. The highest BCUT2D eigenvalue weighted by Gasteiger charge is 2.07. The van der Waals surface area contributed by atoms with E-state index in [1.165, 1.54) is 5.57 Å². The fraction of sp³-hybridized carbons (Fsp3) is 0.562. The summed E-state index contributed by atoms with van der Waals surface area (Å²) >= 11 is 1.60. The minimum Gasteiger partial charge on any atom is -0.465 e. The van der Waals surface area contributed by atoms with Crippen molar-refractivity contribution in [2.45, 2.75) is 46.5 Å². The van der Waals surface area contributed by atoms with Gasteiger partial charge in [-0.3, -0.25) is 4.79 Å². The summed E-state index contributed by atoms with van der Waals surface area (Å²) in [6, 6.07) is 3.92. The van der Waals surface area contributed by atoms with E-state index in [0.717, 1.165) is 24.1 Å². The fourth-order valence-corrected chi connectivity index (χ4v) is 2.47. The molecule has 0 spiro atoms. The van der Waals surface area contributed by atoms with Crippen molar-refractivity contribution in [3.05, 3.63) is 34.0 Å². The van der Waals surface area contributed by atoms with E-state index in [0.29, 0.717) is 18.9 Å². The molecule has 0 bridgehead atoms. The first-order valence-electron chi connectivity index (χ1n) is 6.89. The van der Waals surface area contributed by atoms with Crippen LogP contribution in [0.1, 0.15) is 44.9 Å². The van der Waals surface area contributed by atoms with Crippen LogP contribution in [0.2, 0.25) is 0 Å². The summed E-state index contributed by atoms with van der Waals surface area (Å²) in [7, 11) is 0. The molecule has 1 aromatic heterocycles. The van der Waals surface area contributed by atoms with Gasteiger partial charge >= 0.3 is 5.97 Å². The van der Waals surface area contributed by atoms with Crippen LogP contribution < -0.4 is 0 Å². The molecule has 2 nitrogen and oxygen atoms in total. The molecule has 1 aromatic rings. The molecule has 1 rings (SSSR count). The SMILES string of the molecule is CC(C)=CCCC(C)CCOC(=O)Cc1cccs1.